The second kappa shape index (κ2) is 2.86. The van der Waals surface area contributed by atoms with Crippen molar-refractivity contribution in [3.05, 3.63) is 6.67 Å². The van der Waals surface area contributed by atoms with Gasteiger partial charge in [0.2, 0.25) is 0 Å². The van der Waals surface area contributed by atoms with Crippen molar-refractivity contribution in [3.63, 3.8) is 0 Å². The first kappa shape index (κ1) is 7.98. The first-order valence-electron chi connectivity index (χ1n) is 3.54. The predicted molar refractivity (Wildman–Crippen MR) is 39.1 cm³/mol. The molecule has 0 aromatic heterocycles. The summed E-state index contributed by atoms with van der Waals surface area (Å²) in [6, 6.07) is 0. The van der Waals surface area contributed by atoms with Crippen LogP contribution in [0.1, 0.15) is 13.8 Å². The van der Waals surface area contributed by atoms with Crippen molar-refractivity contribution in [2.45, 2.75) is 19.4 Å². The standard InChI is InChI=1S/C7H14N2O/c1-7(2,10)5-9-4-3-8-6-9/h8,10H,3-5H2,1-2H3. The monoisotopic (exact) mass is 142 g/mol. The fourth-order valence-corrected chi connectivity index (χ4v) is 1.00. The Morgan fingerprint density at radius 3 is 2.80 bits per heavy atom. The van der Waals surface area contributed by atoms with Gasteiger partial charge in [-0.05, 0) is 13.8 Å². The molecule has 0 unspecified atom stereocenters. The number of hydrogen-bond acceptors (Lipinski definition) is 3. The van der Waals surface area contributed by atoms with Gasteiger partial charge in [0, 0.05) is 19.6 Å². The zero-order valence-corrected chi connectivity index (χ0v) is 6.52. The van der Waals surface area contributed by atoms with E-state index in [0.29, 0.717) is 6.54 Å². The zero-order valence-electron chi connectivity index (χ0n) is 6.52. The van der Waals surface area contributed by atoms with E-state index in [4.69, 9.17) is 0 Å². The molecule has 1 fully saturated rings. The normalized spacial score (nSPS) is 21.9. The molecule has 2 N–H and O–H groups in total. The van der Waals surface area contributed by atoms with E-state index in [1.54, 1.807) is 13.8 Å². The van der Waals surface area contributed by atoms with Gasteiger partial charge in [-0.15, -0.1) is 0 Å². The number of nitrogens with zero attached hydrogens (tertiary/aromatic N) is 1. The quantitative estimate of drug-likeness (QED) is 0.553. The molecule has 1 aliphatic rings. The fraction of sp³-hybridized carbons (Fsp3) is 0.857. The maximum absolute atomic E-state index is 9.37. The van der Waals surface area contributed by atoms with Gasteiger partial charge < -0.3 is 5.11 Å². The lowest BCUT2D eigenvalue weighted by Crippen LogP contribution is -2.35. The number of rotatable bonds is 2. The van der Waals surface area contributed by atoms with Gasteiger partial charge in [-0.1, -0.05) is 0 Å². The van der Waals surface area contributed by atoms with Crippen LogP contribution in [0.25, 0.3) is 0 Å². The van der Waals surface area contributed by atoms with E-state index in [-0.39, 0.29) is 0 Å². The van der Waals surface area contributed by atoms with Crippen molar-refractivity contribution < 1.29 is 5.11 Å². The molecule has 0 amide bonds. The Labute approximate surface area is 62.0 Å². The molecule has 3 nitrogen and oxygen atoms in total. The first-order valence-corrected chi connectivity index (χ1v) is 3.54. The lowest BCUT2D eigenvalue weighted by Gasteiger charge is -2.22. The van der Waals surface area contributed by atoms with Gasteiger partial charge in [-0.3, -0.25) is 10.2 Å². The second-order valence-corrected chi connectivity index (χ2v) is 3.27. The Balaban J connectivity index is 2.24. The smallest absolute Gasteiger partial charge is 0.143 e. The second-order valence-electron chi connectivity index (χ2n) is 3.27. The summed E-state index contributed by atoms with van der Waals surface area (Å²) in [5, 5.41) is 12.3. The summed E-state index contributed by atoms with van der Waals surface area (Å²) in [6.45, 7) is 9.08. The Bertz CT molecular complexity index is 103. The number of nitrogens with one attached hydrogen (secondary N) is 1. The molecule has 58 valence electrons. The molecular formula is C7H14N2O. The van der Waals surface area contributed by atoms with Crippen molar-refractivity contribution >= 4 is 0 Å². The predicted octanol–water partition coefficient (Wildman–Crippen LogP) is -0.341. The van der Waals surface area contributed by atoms with Crippen LogP contribution in [0.4, 0.5) is 0 Å². The molecule has 0 atom stereocenters. The van der Waals surface area contributed by atoms with Gasteiger partial charge in [-0.25, -0.2) is 0 Å². The van der Waals surface area contributed by atoms with Crippen molar-refractivity contribution in [2.75, 3.05) is 19.6 Å². The summed E-state index contributed by atoms with van der Waals surface area (Å²) in [7, 11) is 0. The van der Waals surface area contributed by atoms with Crippen LogP contribution in [0, 0.1) is 6.67 Å². The molecule has 2 radical (unpaired) electrons. The summed E-state index contributed by atoms with van der Waals surface area (Å²) < 4.78 is 0. The fourth-order valence-electron chi connectivity index (χ4n) is 1.00. The zero-order chi connectivity index (χ0) is 7.61. The van der Waals surface area contributed by atoms with E-state index >= 15 is 0 Å². The molecule has 1 heterocycles. The van der Waals surface area contributed by atoms with Gasteiger partial charge in [0.05, 0.1) is 5.60 Å². The van der Waals surface area contributed by atoms with E-state index in [1.807, 2.05) is 4.90 Å². The minimum absolute atomic E-state index is 0.612. The molecule has 0 aromatic rings. The number of β-amino-alcohol motifs (C(OH)–C–C–N with tert-alkyl or cyclic N) is 1. The van der Waals surface area contributed by atoms with Gasteiger partial charge in [0.25, 0.3) is 0 Å². The minimum atomic E-state index is -0.612. The molecule has 1 rings (SSSR count). The SMILES string of the molecule is CC(C)(O)CN1[C]NCC1. The average molecular weight is 142 g/mol. The minimum Gasteiger partial charge on any atom is -0.389 e. The van der Waals surface area contributed by atoms with Gasteiger partial charge in [0.15, 0.2) is 0 Å². The van der Waals surface area contributed by atoms with Crippen LogP contribution in [-0.2, 0) is 0 Å². The highest BCUT2D eigenvalue weighted by Crippen LogP contribution is 2.06. The van der Waals surface area contributed by atoms with Crippen molar-refractivity contribution in [1.82, 2.24) is 10.2 Å². The molecule has 0 spiro atoms. The third-order valence-electron chi connectivity index (χ3n) is 1.32. The van der Waals surface area contributed by atoms with E-state index in [1.165, 1.54) is 0 Å². The summed E-state index contributed by atoms with van der Waals surface area (Å²) in [5.41, 5.74) is -0.612. The molecular weight excluding hydrogens is 128 g/mol. The molecule has 0 aromatic carbocycles. The molecule has 0 bridgehead atoms. The summed E-state index contributed by atoms with van der Waals surface area (Å²) >= 11 is 0. The summed E-state index contributed by atoms with van der Waals surface area (Å²) in [6.07, 6.45) is 0. The summed E-state index contributed by atoms with van der Waals surface area (Å²) in [4.78, 5) is 1.96. The van der Waals surface area contributed by atoms with E-state index in [0.717, 1.165) is 13.1 Å². The molecule has 0 saturated carbocycles. The Hall–Kier alpha value is -0.120. The Morgan fingerprint density at radius 1 is 1.70 bits per heavy atom. The van der Waals surface area contributed by atoms with Crippen LogP contribution in [0.3, 0.4) is 0 Å². The third-order valence-corrected chi connectivity index (χ3v) is 1.32. The number of hydrogen-bond donors (Lipinski definition) is 2. The lowest BCUT2D eigenvalue weighted by molar-refractivity contribution is 0.0502. The van der Waals surface area contributed by atoms with Crippen LogP contribution >= 0.6 is 0 Å². The van der Waals surface area contributed by atoms with Gasteiger partial charge >= 0.3 is 0 Å². The van der Waals surface area contributed by atoms with E-state index in [9.17, 15) is 5.11 Å². The largest absolute Gasteiger partial charge is 0.389 e. The number of aliphatic hydroxyl groups is 1. The highest BCUT2D eigenvalue weighted by molar-refractivity contribution is 4.81. The highest BCUT2D eigenvalue weighted by atomic mass is 16.3. The van der Waals surface area contributed by atoms with E-state index in [2.05, 4.69) is 12.0 Å². The van der Waals surface area contributed by atoms with Crippen LogP contribution in [0.15, 0.2) is 0 Å². The molecule has 1 saturated heterocycles. The van der Waals surface area contributed by atoms with E-state index < -0.39 is 5.60 Å². The van der Waals surface area contributed by atoms with Crippen molar-refractivity contribution in [2.24, 2.45) is 0 Å². The first-order chi connectivity index (χ1) is 4.58. The Morgan fingerprint density at radius 2 is 2.40 bits per heavy atom. The van der Waals surface area contributed by atoms with Crippen LogP contribution in [0.2, 0.25) is 0 Å². The lowest BCUT2D eigenvalue weighted by atomic mass is 10.1. The maximum Gasteiger partial charge on any atom is 0.143 e. The molecule has 10 heavy (non-hydrogen) atoms. The molecule has 3 heteroatoms. The average Bonchev–Trinajstić information content (AvgIpc) is 2.12. The van der Waals surface area contributed by atoms with Gasteiger partial charge in [-0.2, -0.15) is 0 Å². The van der Waals surface area contributed by atoms with Crippen LogP contribution in [-0.4, -0.2) is 35.2 Å². The highest BCUT2D eigenvalue weighted by Gasteiger charge is 2.20. The third kappa shape index (κ3) is 2.64. The van der Waals surface area contributed by atoms with Gasteiger partial charge in [0.1, 0.15) is 6.67 Å². The van der Waals surface area contributed by atoms with Crippen LogP contribution in [0.5, 0.6) is 0 Å². The maximum atomic E-state index is 9.37. The van der Waals surface area contributed by atoms with Crippen molar-refractivity contribution in [3.8, 4) is 0 Å². The van der Waals surface area contributed by atoms with Crippen molar-refractivity contribution in [1.29, 1.82) is 0 Å². The molecule has 0 aliphatic carbocycles. The topological polar surface area (TPSA) is 35.5 Å². The van der Waals surface area contributed by atoms with Crippen LogP contribution < -0.4 is 5.32 Å². The summed E-state index contributed by atoms with van der Waals surface area (Å²) in [5.74, 6) is 0. The molecule has 1 aliphatic heterocycles. The Kier molecular flexibility index (Phi) is 2.28.